The third kappa shape index (κ3) is 6.54. The number of aryl methyl sites for hydroxylation is 1. The highest BCUT2D eigenvalue weighted by molar-refractivity contribution is 5.93. The number of rotatable bonds is 10. The topological polar surface area (TPSA) is 57.2 Å². The van der Waals surface area contributed by atoms with Gasteiger partial charge in [0.15, 0.2) is 0 Å². The third-order valence-corrected chi connectivity index (χ3v) is 5.36. The molecule has 0 unspecified atom stereocenters. The molecule has 0 aliphatic carbocycles. The van der Waals surface area contributed by atoms with Crippen LogP contribution >= 0.6 is 12.4 Å². The summed E-state index contributed by atoms with van der Waals surface area (Å²) in [5, 5.41) is 18.3. The average Bonchev–Trinajstić information content (AvgIpc) is 2.83. The lowest BCUT2D eigenvalue weighted by Gasteiger charge is -2.16. The smallest absolute Gasteiger partial charge is 0.0836 e. The summed E-state index contributed by atoms with van der Waals surface area (Å²) in [6.07, 6.45) is 1.64. The van der Waals surface area contributed by atoms with Gasteiger partial charge in [0.05, 0.1) is 17.3 Å². The van der Waals surface area contributed by atoms with Gasteiger partial charge in [-0.05, 0) is 37.1 Å². The minimum Gasteiger partial charge on any atom is -0.390 e. The molecule has 4 aromatic rings. The van der Waals surface area contributed by atoms with Crippen LogP contribution in [0.1, 0.15) is 12.0 Å². The number of hydrogen-bond donors (Lipinski definition) is 3. The highest BCUT2D eigenvalue weighted by Gasteiger charge is 2.09. The maximum absolute atomic E-state index is 10.4. The van der Waals surface area contributed by atoms with Gasteiger partial charge in [0, 0.05) is 29.7 Å². The fraction of sp³-hybridized carbons (Fsp3) is 0.222. The molecule has 1 aromatic heterocycles. The predicted octanol–water partition coefficient (Wildman–Crippen LogP) is 5.32. The van der Waals surface area contributed by atoms with Gasteiger partial charge < -0.3 is 15.7 Å². The third-order valence-electron chi connectivity index (χ3n) is 5.36. The molecule has 1 heterocycles. The molecule has 0 saturated carbocycles. The zero-order chi connectivity index (χ0) is 21.3. The van der Waals surface area contributed by atoms with Crippen LogP contribution in [-0.2, 0) is 6.42 Å². The summed E-state index contributed by atoms with van der Waals surface area (Å²) in [4.78, 5) is 4.81. The minimum atomic E-state index is -0.469. The van der Waals surface area contributed by atoms with E-state index in [0.29, 0.717) is 13.1 Å². The van der Waals surface area contributed by atoms with Crippen molar-refractivity contribution in [3.05, 3.63) is 96.6 Å². The number of para-hydroxylation sites is 1. The SMILES string of the molecule is Cl.O[C@@H](CNCCCc1ccccc1)CNc1cc(-c2ccccc2)nc2ccccc12. The van der Waals surface area contributed by atoms with Crippen molar-refractivity contribution in [2.45, 2.75) is 18.9 Å². The van der Waals surface area contributed by atoms with Gasteiger partial charge in [-0.1, -0.05) is 78.9 Å². The second-order valence-corrected chi connectivity index (χ2v) is 7.77. The number of anilines is 1. The Morgan fingerprint density at radius 1 is 0.812 bits per heavy atom. The maximum Gasteiger partial charge on any atom is 0.0836 e. The molecule has 166 valence electrons. The Morgan fingerprint density at radius 2 is 1.50 bits per heavy atom. The number of benzene rings is 3. The van der Waals surface area contributed by atoms with Gasteiger partial charge in [0.25, 0.3) is 0 Å². The molecule has 4 nitrogen and oxygen atoms in total. The first-order chi connectivity index (χ1) is 15.3. The maximum atomic E-state index is 10.4. The van der Waals surface area contributed by atoms with E-state index in [1.807, 2.05) is 42.5 Å². The molecule has 3 aromatic carbocycles. The van der Waals surface area contributed by atoms with Gasteiger partial charge in [-0.3, -0.25) is 0 Å². The second kappa shape index (κ2) is 12.2. The van der Waals surface area contributed by atoms with Gasteiger partial charge in [-0.15, -0.1) is 12.4 Å². The largest absolute Gasteiger partial charge is 0.390 e. The predicted molar refractivity (Wildman–Crippen MR) is 137 cm³/mol. The van der Waals surface area contributed by atoms with E-state index in [4.69, 9.17) is 4.98 Å². The lowest BCUT2D eigenvalue weighted by atomic mass is 10.1. The molecule has 0 saturated heterocycles. The van der Waals surface area contributed by atoms with E-state index < -0.39 is 6.10 Å². The van der Waals surface area contributed by atoms with E-state index in [0.717, 1.165) is 47.2 Å². The van der Waals surface area contributed by atoms with Crippen molar-refractivity contribution < 1.29 is 5.11 Å². The average molecular weight is 448 g/mol. The van der Waals surface area contributed by atoms with Gasteiger partial charge >= 0.3 is 0 Å². The molecule has 0 aliphatic rings. The molecule has 0 radical (unpaired) electrons. The van der Waals surface area contributed by atoms with E-state index in [1.54, 1.807) is 0 Å². The fourth-order valence-corrected chi connectivity index (χ4v) is 3.71. The number of hydrogen-bond acceptors (Lipinski definition) is 4. The lowest BCUT2D eigenvalue weighted by molar-refractivity contribution is 0.184. The van der Waals surface area contributed by atoms with Crippen LogP contribution in [0.5, 0.6) is 0 Å². The summed E-state index contributed by atoms with van der Waals surface area (Å²) in [5.41, 5.74) is 5.30. The van der Waals surface area contributed by atoms with Crippen molar-refractivity contribution in [2.75, 3.05) is 25.0 Å². The first kappa shape index (κ1) is 23.7. The Labute approximate surface area is 196 Å². The van der Waals surface area contributed by atoms with Crippen LogP contribution in [0.4, 0.5) is 5.69 Å². The molecule has 0 fully saturated rings. The van der Waals surface area contributed by atoms with Crippen LogP contribution in [0.3, 0.4) is 0 Å². The van der Waals surface area contributed by atoms with Crippen molar-refractivity contribution in [3.8, 4) is 11.3 Å². The molecule has 0 spiro atoms. The van der Waals surface area contributed by atoms with Crippen molar-refractivity contribution in [3.63, 3.8) is 0 Å². The van der Waals surface area contributed by atoms with Crippen LogP contribution in [0, 0.1) is 0 Å². The van der Waals surface area contributed by atoms with Crippen molar-refractivity contribution in [1.29, 1.82) is 0 Å². The number of nitrogens with zero attached hydrogens (tertiary/aromatic N) is 1. The van der Waals surface area contributed by atoms with E-state index in [9.17, 15) is 5.11 Å². The molecule has 1 atom stereocenters. The Balaban J connectivity index is 0.00000289. The highest BCUT2D eigenvalue weighted by Crippen LogP contribution is 2.28. The molecule has 0 amide bonds. The zero-order valence-electron chi connectivity index (χ0n) is 18.1. The number of aliphatic hydroxyl groups excluding tert-OH is 1. The van der Waals surface area contributed by atoms with Crippen LogP contribution in [-0.4, -0.2) is 35.8 Å². The molecule has 0 aliphatic heterocycles. The van der Waals surface area contributed by atoms with Crippen LogP contribution in [0.15, 0.2) is 91.0 Å². The Morgan fingerprint density at radius 3 is 2.28 bits per heavy atom. The van der Waals surface area contributed by atoms with Crippen LogP contribution in [0.2, 0.25) is 0 Å². The number of halogens is 1. The lowest BCUT2D eigenvalue weighted by Crippen LogP contribution is -2.32. The van der Waals surface area contributed by atoms with Gasteiger partial charge in [0.1, 0.15) is 0 Å². The van der Waals surface area contributed by atoms with Gasteiger partial charge in [-0.2, -0.15) is 0 Å². The zero-order valence-corrected chi connectivity index (χ0v) is 18.9. The summed E-state index contributed by atoms with van der Waals surface area (Å²) in [5.74, 6) is 0. The summed E-state index contributed by atoms with van der Waals surface area (Å²) < 4.78 is 0. The monoisotopic (exact) mass is 447 g/mol. The summed E-state index contributed by atoms with van der Waals surface area (Å²) in [7, 11) is 0. The first-order valence-electron chi connectivity index (χ1n) is 10.9. The fourth-order valence-electron chi connectivity index (χ4n) is 3.71. The highest BCUT2D eigenvalue weighted by atomic mass is 35.5. The number of nitrogens with one attached hydrogen (secondary N) is 2. The van der Waals surface area contributed by atoms with Gasteiger partial charge in [-0.25, -0.2) is 4.98 Å². The molecule has 4 rings (SSSR count). The molecular formula is C27H30ClN3O. The van der Waals surface area contributed by atoms with E-state index in [-0.39, 0.29) is 12.4 Å². The second-order valence-electron chi connectivity index (χ2n) is 7.77. The Hall–Kier alpha value is -2.92. The van der Waals surface area contributed by atoms with Crippen LogP contribution < -0.4 is 10.6 Å². The van der Waals surface area contributed by atoms with Crippen molar-refractivity contribution in [1.82, 2.24) is 10.3 Å². The first-order valence-corrected chi connectivity index (χ1v) is 10.9. The quantitative estimate of drug-likeness (QED) is 0.288. The summed E-state index contributed by atoms with van der Waals surface area (Å²) in [6, 6.07) is 30.8. The number of aliphatic hydroxyl groups is 1. The van der Waals surface area contributed by atoms with E-state index in [1.165, 1.54) is 5.56 Å². The number of pyridine rings is 1. The molecule has 5 heteroatoms. The molecular weight excluding hydrogens is 418 g/mol. The molecule has 3 N–H and O–H groups in total. The number of fused-ring (bicyclic) bond motifs is 1. The number of aromatic nitrogens is 1. The molecule has 0 bridgehead atoms. The summed E-state index contributed by atoms with van der Waals surface area (Å²) >= 11 is 0. The van der Waals surface area contributed by atoms with E-state index >= 15 is 0 Å². The molecule has 32 heavy (non-hydrogen) atoms. The van der Waals surface area contributed by atoms with Crippen LogP contribution in [0.25, 0.3) is 22.2 Å². The normalized spacial score (nSPS) is 11.7. The van der Waals surface area contributed by atoms with E-state index in [2.05, 4.69) is 59.2 Å². The van der Waals surface area contributed by atoms with Crippen molar-refractivity contribution in [2.24, 2.45) is 0 Å². The minimum absolute atomic E-state index is 0. The Bertz CT molecular complexity index is 1090. The van der Waals surface area contributed by atoms with Gasteiger partial charge in [0.2, 0.25) is 0 Å². The standard InChI is InChI=1S/C27H29N3O.ClH/c31-23(19-28-17-9-12-21-10-3-1-4-11-21)20-29-27-18-26(22-13-5-2-6-14-22)30-25-16-8-7-15-24(25)27;/h1-8,10-11,13-16,18,23,28,31H,9,12,17,19-20H2,(H,29,30);1H/t23-;/m0./s1. The summed E-state index contributed by atoms with van der Waals surface area (Å²) in [6.45, 7) is 1.94. The van der Waals surface area contributed by atoms with Crippen molar-refractivity contribution >= 4 is 29.0 Å². The Kier molecular flexibility index (Phi) is 9.05.